The molecule has 32 heavy (non-hydrogen) atoms. The van der Waals surface area contributed by atoms with E-state index in [1.54, 1.807) is 6.07 Å². The van der Waals surface area contributed by atoms with Crippen LogP contribution >= 0.6 is 0 Å². The highest BCUT2D eigenvalue weighted by Crippen LogP contribution is 2.29. The van der Waals surface area contributed by atoms with Crippen molar-refractivity contribution in [2.24, 2.45) is 0 Å². The summed E-state index contributed by atoms with van der Waals surface area (Å²) in [5, 5.41) is 7.32. The molecule has 4 heteroatoms. The molecule has 1 N–H and O–H groups in total. The summed E-state index contributed by atoms with van der Waals surface area (Å²) in [5.41, 5.74) is 8.24. The maximum absolute atomic E-state index is 13.7. The minimum absolute atomic E-state index is 0.251. The van der Waals surface area contributed by atoms with Crippen LogP contribution in [0.15, 0.2) is 109 Å². The van der Waals surface area contributed by atoms with Gasteiger partial charge < -0.3 is 0 Å². The minimum Gasteiger partial charge on any atom is -0.276 e. The van der Waals surface area contributed by atoms with Gasteiger partial charge >= 0.3 is 0 Å². The number of hydrogen-bond donors (Lipinski definition) is 1. The van der Waals surface area contributed by atoms with E-state index >= 15 is 0 Å². The summed E-state index contributed by atoms with van der Waals surface area (Å²) in [7, 11) is 0. The quantitative estimate of drug-likeness (QED) is 0.492. The molecule has 0 saturated heterocycles. The Hall–Kier alpha value is -4.05. The van der Waals surface area contributed by atoms with E-state index < -0.39 is 0 Å². The fraction of sp³-hybridized carbons (Fsp3) is 0.0714. The van der Waals surface area contributed by atoms with E-state index in [1.165, 1.54) is 12.1 Å². The highest BCUT2D eigenvalue weighted by molar-refractivity contribution is 5.85. The zero-order valence-electron chi connectivity index (χ0n) is 18.1. The molecule has 0 bridgehead atoms. The van der Waals surface area contributed by atoms with Gasteiger partial charge in [-0.2, -0.15) is 5.10 Å². The van der Waals surface area contributed by atoms with E-state index in [-0.39, 0.29) is 5.82 Å². The van der Waals surface area contributed by atoms with Crippen molar-refractivity contribution in [2.75, 3.05) is 0 Å². The molecule has 4 rings (SSSR count). The normalized spacial score (nSPS) is 19.2. The Morgan fingerprint density at radius 3 is 2.72 bits per heavy atom. The van der Waals surface area contributed by atoms with Gasteiger partial charge in [0, 0.05) is 11.3 Å². The van der Waals surface area contributed by atoms with Crippen molar-refractivity contribution in [1.82, 2.24) is 15.2 Å². The van der Waals surface area contributed by atoms with Crippen LogP contribution in [0.4, 0.5) is 4.39 Å². The molecule has 0 spiro atoms. The van der Waals surface area contributed by atoms with Crippen molar-refractivity contribution < 1.29 is 4.39 Å². The first-order chi connectivity index (χ1) is 15.5. The second-order valence-corrected chi connectivity index (χ2v) is 7.52. The maximum atomic E-state index is 13.7. The molecule has 1 aromatic carbocycles. The lowest BCUT2D eigenvalue weighted by Crippen LogP contribution is -1.92. The van der Waals surface area contributed by atoms with Crippen LogP contribution in [0.2, 0.25) is 0 Å². The summed E-state index contributed by atoms with van der Waals surface area (Å²) in [4.78, 5) is 4.62. The molecule has 0 radical (unpaired) electrons. The van der Waals surface area contributed by atoms with Crippen LogP contribution < -0.4 is 0 Å². The Morgan fingerprint density at radius 2 is 1.94 bits per heavy atom. The first-order valence-corrected chi connectivity index (χ1v) is 10.4. The molecule has 2 aromatic heterocycles. The summed E-state index contributed by atoms with van der Waals surface area (Å²) in [6.07, 6.45) is 15.9. The molecular weight excluding hydrogens is 397 g/mol. The van der Waals surface area contributed by atoms with Gasteiger partial charge in [0.2, 0.25) is 0 Å². The van der Waals surface area contributed by atoms with Crippen molar-refractivity contribution in [2.45, 2.75) is 13.8 Å². The van der Waals surface area contributed by atoms with Crippen molar-refractivity contribution in [1.29, 1.82) is 0 Å². The lowest BCUT2D eigenvalue weighted by atomic mass is 9.95. The van der Waals surface area contributed by atoms with Crippen LogP contribution in [0.5, 0.6) is 0 Å². The number of benzene rings is 1. The van der Waals surface area contributed by atoms with Gasteiger partial charge in [-0.25, -0.2) is 4.39 Å². The van der Waals surface area contributed by atoms with Crippen molar-refractivity contribution in [3.8, 4) is 11.4 Å². The molecule has 0 fully saturated rings. The van der Waals surface area contributed by atoms with Crippen LogP contribution in [-0.2, 0) is 0 Å². The van der Waals surface area contributed by atoms with Crippen LogP contribution in [0.25, 0.3) is 22.5 Å². The van der Waals surface area contributed by atoms with Gasteiger partial charge in [-0.1, -0.05) is 61.2 Å². The van der Waals surface area contributed by atoms with Crippen molar-refractivity contribution >= 4 is 11.1 Å². The van der Waals surface area contributed by atoms with Crippen LogP contribution in [-0.4, -0.2) is 15.2 Å². The second-order valence-electron chi connectivity index (χ2n) is 7.52. The third-order valence-corrected chi connectivity index (χ3v) is 5.26. The SMILES string of the molecule is C=C1\C=C/C(c2cn[nH]c2-c2cccc(C)n2)=C/C=C/C1=C/C(=C\C)c1cccc(F)c1. The van der Waals surface area contributed by atoms with E-state index in [0.29, 0.717) is 0 Å². The molecule has 3 nitrogen and oxygen atoms in total. The van der Waals surface area contributed by atoms with Crippen LogP contribution in [0.1, 0.15) is 23.7 Å². The third-order valence-electron chi connectivity index (χ3n) is 5.26. The monoisotopic (exact) mass is 421 g/mol. The van der Waals surface area contributed by atoms with Gasteiger partial charge in [0.15, 0.2) is 0 Å². The zero-order chi connectivity index (χ0) is 22.5. The minimum atomic E-state index is -0.251. The van der Waals surface area contributed by atoms with E-state index in [4.69, 9.17) is 0 Å². The molecular formula is C28H24FN3. The summed E-state index contributed by atoms with van der Waals surface area (Å²) in [5.74, 6) is -0.251. The number of aromatic amines is 1. The number of rotatable bonds is 4. The van der Waals surface area contributed by atoms with Crippen molar-refractivity contribution in [3.63, 3.8) is 0 Å². The number of nitrogens with one attached hydrogen (secondary N) is 1. The fourth-order valence-corrected chi connectivity index (χ4v) is 3.58. The standard InChI is InChI=1S/C28H24FN3/c1-4-21(24-11-7-12-25(29)17-24)16-23-10-6-9-22(15-14-19(23)2)26-18-30-32-28(26)27-13-5-8-20(3)31-27/h4-18H,2H2,1,3H3,(H,30,32)/b10-6+,15-14-,21-4+,22-9-,23-16-. The topological polar surface area (TPSA) is 41.6 Å². The largest absolute Gasteiger partial charge is 0.276 e. The highest BCUT2D eigenvalue weighted by atomic mass is 19.1. The smallest absolute Gasteiger partial charge is 0.123 e. The van der Waals surface area contributed by atoms with Gasteiger partial charge in [-0.3, -0.25) is 10.1 Å². The fourth-order valence-electron chi connectivity index (χ4n) is 3.58. The van der Waals surface area contributed by atoms with E-state index in [2.05, 4.69) is 21.8 Å². The molecule has 0 atom stereocenters. The molecule has 0 amide bonds. The molecule has 1 aliphatic rings. The predicted molar refractivity (Wildman–Crippen MR) is 130 cm³/mol. The Labute approximate surface area is 187 Å². The van der Waals surface area contributed by atoms with Crippen LogP contribution in [0.3, 0.4) is 0 Å². The Balaban J connectivity index is 1.67. The first-order valence-electron chi connectivity index (χ1n) is 10.4. The summed E-state index contributed by atoms with van der Waals surface area (Å²) in [6.45, 7) is 8.15. The van der Waals surface area contributed by atoms with Gasteiger partial charge in [-0.05, 0) is 72.0 Å². The molecule has 0 saturated carbocycles. The van der Waals surface area contributed by atoms with Gasteiger partial charge in [0.25, 0.3) is 0 Å². The number of H-pyrrole nitrogens is 1. The number of hydrogen-bond acceptors (Lipinski definition) is 2. The van der Waals surface area contributed by atoms with Gasteiger partial charge in [0.05, 0.1) is 17.6 Å². The summed E-state index contributed by atoms with van der Waals surface area (Å²) >= 11 is 0. The number of nitrogens with zero attached hydrogens (tertiary/aromatic N) is 2. The lowest BCUT2D eigenvalue weighted by Gasteiger charge is -2.10. The number of aromatic nitrogens is 3. The number of halogens is 1. The zero-order valence-corrected chi connectivity index (χ0v) is 18.1. The lowest BCUT2D eigenvalue weighted by molar-refractivity contribution is 0.627. The Kier molecular flexibility index (Phi) is 6.22. The van der Waals surface area contributed by atoms with Crippen molar-refractivity contribution in [3.05, 3.63) is 132 Å². The summed E-state index contributed by atoms with van der Waals surface area (Å²) in [6, 6.07) is 12.5. The van der Waals surface area contributed by atoms with E-state index in [0.717, 1.165) is 50.5 Å². The van der Waals surface area contributed by atoms with Gasteiger partial charge in [0.1, 0.15) is 5.82 Å². The second kappa shape index (κ2) is 9.40. The molecule has 0 aliphatic heterocycles. The number of pyridine rings is 1. The highest BCUT2D eigenvalue weighted by Gasteiger charge is 2.13. The Bertz CT molecular complexity index is 1320. The molecule has 158 valence electrons. The molecule has 2 heterocycles. The van der Waals surface area contributed by atoms with E-state index in [1.807, 2.05) is 86.8 Å². The number of allylic oxidation sites excluding steroid dienone is 11. The average Bonchev–Trinajstić information content (AvgIpc) is 3.26. The van der Waals surface area contributed by atoms with Gasteiger partial charge in [-0.15, -0.1) is 0 Å². The van der Waals surface area contributed by atoms with Crippen LogP contribution in [0, 0.1) is 12.7 Å². The molecule has 0 unspecified atom stereocenters. The average molecular weight is 422 g/mol. The first kappa shape index (κ1) is 21.2. The summed E-state index contributed by atoms with van der Waals surface area (Å²) < 4.78 is 13.7. The Morgan fingerprint density at radius 1 is 1.09 bits per heavy atom. The predicted octanol–water partition coefficient (Wildman–Crippen LogP) is 7.01. The number of aryl methyl sites for hydroxylation is 1. The maximum Gasteiger partial charge on any atom is 0.123 e. The third kappa shape index (κ3) is 4.65. The van der Waals surface area contributed by atoms with E-state index in [9.17, 15) is 4.39 Å². The molecule has 1 aliphatic carbocycles. The molecule has 3 aromatic rings.